The highest BCUT2D eigenvalue weighted by Crippen LogP contribution is 2.24. The van der Waals surface area contributed by atoms with E-state index in [0.717, 1.165) is 0 Å². The Morgan fingerprint density at radius 1 is 1.50 bits per heavy atom. The molecule has 1 heterocycles. The Morgan fingerprint density at radius 2 is 2.25 bits per heavy atom. The minimum absolute atomic E-state index is 0.0147. The molecule has 0 aliphatic heterocycles. The topological polar surface area (TPSA) is 102 Å². The van der Waals surface area contributed by atoms with Gasteiger partial charge in [0.1, 0.15) is 0 Å². The van der Waals surface area contributed by atoms with E-state index in [1.165, 1.54) is 18.2 Å². The van der Waals surface area contributed by atoms with Gasteiger partial charge in [0, 0.05) is 17.7 Å². The van der Waals surface area contributed by atoms with Gasteiger partial charge in [0.2, 0.25) is 5.89 Å². The number of hydrogen-bond acceptors (Lipinski definition) is 5. The van der Waals surface area contributed by atoms with Crippen LogP contribution in [-0.4, -0.2) is 15.1 Å². The molecule has 7 heteroatoms. The van der Waals surface area contributed by atoms with Gasteiger partial charge in [0.25, 0.3) is 5.69 Å². The molecule has 7 nitrogen and oxygen atoms in total. The summed E-state index contributed by atoms with van der Waals surface area (Å²) >= 11 is 0. The first-order valence-electron chi connectivity index (χ1n) is 4.39. The van der Waals surface area contributed by atoms with Crippen LogP contribution in [0.2, 0.25) is 0 Å². The molecule has 0 amide bonds. The number of aryl methyl sites for hydroxylation is 1. The molecule has 0 bridgehead atoms. The molecule has 0 atom stereocenters. The summed E-state index contributed by atoms with van der Waals surface area (Å²) in [7, 11) is 0. The third-order valence-corrected chi connectivity index (χ3v) is 2.09. The van der Waals surface area contributed by atoms with Crippen LogP contribution in [0.25, 0.3) is 11.5 Å². The van der Waals surface area contributed by atoms with E-state index in [1.807, 2.05) is 0 Å². The maximum atomic E-state index is 10.8. The van der Waals surface area contributed by atoms with Gasteiger partial charge in [-0.05, 0) is 18.6 Å². The van der Waals surface area contributed by atoms with Crippen LogP contribution in [0.15, 0.2) is 27.4 Å². The molecule has 0 aliphatic carbocycles. The average molecular weight is 221 g/mol. The fraction of sp³-hybridized carbons (Fsp3) is 0.111. The highest BCUT2D eigenvalue weighted by atomic mass is 16.6. The molecular weight excluding hydrogens is 214 g/mol. The van der Waals surface area contributed by atoms with Crippen LogP contribution in [0.5, 0.6) is 0 Å². The lowest BCUT2D eigenvalue weighted by Crippen LogP contribution is -1.93. The van der Waals surface area contributed by atoms with Gasteiger partial charge < -0.3 is 4.42 Å². The molecule has 1 N–H and O–H groups in total. The van der Waals surface area contributed by atoms with Crippen LogP contribution in [-0.2, 0) is 0 Å². The summed E-state index contributed by atoms with van der Waals surface area (Å²) in [6, 6.07) is 4.22. The number of rotatable bonds is 2. The minimum atomic E-state index is -0.659. The first-order valence-corrected chi connectivity index (χ1v) is 4.39. The normalized spacial score (nSPS) is 10.3. The maximum Gasteiger partial charge on any atom is 0.434 e. The minimum Gasteiger partial charge on any atom is -0.388 e. The smallest absolute Gasteiger partial charge is 0.388 e. The Kier molecular flexibility index (Phi) is 2.28. The highest BCUT2D eigenvalue weighted by Gasteiger charge is 2.12. The number of nitrogens with zero attached hydrogens (tertiary/aromatic N) is 2. The number of benzene rings is 1. The van der Waals surface area contributed by atoms with Gasteiger partial charge in [-0.1, -0.05) is 0 Å². The zero-order valence-electron chi connectivity index (χ0n) is 8.26. The Labute approximate surface area is 88.9 Å². The second-order valence-corrected chi connectivity index (χ2v) is 3.17. The van der Waals surface area contributed by atoms with Gasteiger partial charge in [-0.3, -0.25) is 10.1 Å². The van der Waals surface area contributed by atoms with Crippen molar-refractivity contribution in [3.05, 3.63) is 44.4 Å². The third-order valence-electron chi connectivity index (χ3n) is 2.09. The van der Waals surface area contributed by atoms with Crippen molar-refractivity contribution in [1.82, 2.24) is 10.2 Å². The SMILES string of the molecule is Cc1cc([N+](=O)[O-])ccc1-c1n[nH]c(=O)o1. The fourth-order valence-corrected chi connectivity index (χ4v) is 1.35. The summed E-state index contributed by atoms with van der Waals surface area (Å²) in [5.41, 5.74) is 1.15. The van der Waals surface area contributed by atoms with E-state index < -0.39 is 10.7 Å². The van der Waals surface area contributed by atoms with Gasteiger partial charge in [-0.15, -0.1) is 5.10 Å². The number of nitrogens with one attached hydrogen (secondary N) is 1. The van der Waals surface area contributed by atoms with E-state index in [2.05, 4.69) is 10.2 Å². The number of non-ortho nitro benzene ring substituents is 1. The van der Waals surface area contributed by atoms with Crippen molar-refractivity contribution >= 4 is 5.69 Å². The van der Waals surface area contributed by atoms with Crippen LogP contribution < -0.4 is 5.76 Å². The molecule has 0 saturated carbocycles. The molecule has 2 aromatic rings. The van der Waals surface area contributed by atoms with Crippen LogP contribution in [0.1, 0.15) is 5.56 Å². The van der Waals surface area contributed by atoms with E-state index in [-0.39, 0.29) is 11.6 Å². The Hall–Kier alpha value is -2.44. The van der Waals surface area contributed by atoms with Gasteiger partial charge >= 0.3 is 5.76 Å². The quantitative estimate of drug-likeness (QED) is 0.607. The van der Waals surface area contributed by atoms with Gasteiger partial charge in [-0.2, -0.15) is 0 Å². The molecule has 1 aromatic heterocycles. The lowest BCUT2D eigenvalue weighted by molar-refractivity contribution is -0.384. The highest BCUT2D eigenvalue weighted by molar-refractivity contribution is 5.60. The van der Waals surface area contributed by atoms with Crippen LogP contribution in [0, 0.1) is 17.0 Å². The molecule has 0 unspecified atom stereocenters. The van der Waals surface area contributed by atoms with Gasteiger partial charge in [0.15, 0.2) is 0 Å². The average Bonchev–Trinajstić information content (AvgIpc) is 2.64. The summed E-state index contributed by atoms with van der Waals surface area (Å²) in [6.07, 6.45) is 0. The van der Waals surface area contributed by atoms with Crippen molar-refractivity contribution < 1.29 is 9.34 Å². The van der Waals surface area contributed by atoms with E-state index in [1.54, 1.807) is 6.92 Å². The monoisotopic (exact) mass is 221 g/mol. The first-order chi connectivity index (χ1) is 7.58. The predicted molar refractivity (Wildman–Crippen MR) is 54.0 cm³/mol. The molecule has 0 spiro atoms. The van der Waals surface area contributed by atoms with Crippen molar-refractivity contribution in [2.45, 2.75) is 6.92 Å². The number of nitro groups is 1. The molecule has 16 heavy (non-hydrogen) atoms. The number of aromatic amines is 1. The summed E-state index contributed by atoms with van der Waals surface area (Å²) in [5, 5.41) is 16.3. The third kappa shape index (κ3) is 1.70. The van der Waals surface area contributed by atoms with Crippen molar-refractivity contribution in [1.29, 1.82) is 0 Å². The molecule has 0 saturated heterocycles. The second kappa shape index (κ2) is 3.61. The lowest BCUT2D eigenvalue weighted by atomic mass is 10.1. The first kappa shape index (κ1) is 10.1. The van der Waals surface area contributed by atoms with E-state index in [9.17, 15) is 14.9 Å². The zero-order chi connectivity index (χ0) is 11.7. The standard InChI is InChI=1S/C9H7N3O4/c1-5-4-6(12(14)15)2-3-7(5)8-10-11-9(13)16-8/h2-4H,1H3,(H,11,13). The molecule has 0 radical (unpaired) electrons. The Morgan fingerprint density at radius 3 is 2.75 bits per heavy atom. The molecule has 82 valence electrons. The van der Waals surface area contributed by atoms with Crippen molar-refractivity contribution in [2.24, 2.45) is 0 Å². The van der Waals surface area contributed by atoms with Crippen LogP contribution >= 0.6 is 0 Å². The maximum absolute atomic E-state index is 10.8. The van der Waals surface area contributed by atoms with Crippen molar-refractivity contribution in [2.75, 3.05) is 0 Å². The number of hydrogen-bond donors (Lipinski definition) is 1. The number of nitro benzene ring substituents is 1. The van der Waals surface area contributed by atoms with E-state index in [0.29, 0.717) is 11.1 Å². The summed E-state index contributed by atoms with van der Waals surface area (Å²) in [6.45, 7) is 1.68. The summed E-state index contributed by atoms with van der Waals surface area (Å²) in [4.78, 5) is 20.8. The van der Waals surface area contributed by atoms with E-state index >= 15 is 0 Å². The van der Waals surface area contributed by atoms with Crippen LogP contribution in [0.3, 0.4) is 0 Å². The Bertz CT molecular complexity index is 599. The van der Waals surface area contributed by atoms with Crippen LogP contribution in [0.4, 0.5) is 5.69 Å². The summed E-state index contributed by atoms with van der Waals surface area (Å²) in [5.74, 6) is -0.537. The molecule has 2 rings (SSSR count). The van der Waals surface area contributed by atoms with Crippen molar-refractivity contribution in [3.8, 4) is 11.5 Å². The van der Waals surface area contributed by atoms with Gasteiger partial charge in [-0.25, -0.2) is 9.89 Å². The molecule has 0 fully saturated rings. The molecule has 1 aromatic carbocycles. The van der Waals surface area contributed by atoms with Crippen molar-refractivity contribution in [3.63, 3.8) is 0 Å². The molecular formula is C9H7N3O4. The number of H-pyrrole nitrogens is 1. The summed E-state index contributed by atoms with van der Waals surface area (Å²) < 4.78 is 4.76. The predicted octanol–water partition coefficient (Wildman–Crippen LogP) is 1.25. The molecule has 0 aliphatic rings. The van der Waals surface area contributed by atoms with E-state index in [4.69, 9.17) is 4.42 Å². The zero-order valence-corrected chi connectivity index (χ0v) is 8.26. The largest absolute Gasteiger partial charge is 0.434 e. The van der Waals surface area contributed by atoms with Gasteiger partial charge in [0.05, 0.1) is 4.92 Å². The Balaban J connectivity index is 2.51. The second-order valence-electron chi connectivity index (χ2n) is 3.17. The fourth-order valence-electron chi connectivity index (χ4n) is 1.35. The number of aromatic nitrogens is 2. The lowest BCUT2D eigenvalue weighted by Gasteiger charge is -1.99.